The van der Waals surface area contributed by atoms with Gasteiger partial charge in [-0.15, -0.1) is 0 Å². The second kappa shape index (κ2) is 6.29. The molecule has 2 heterocycles. The van der Waals surface area contributed by atoms with Gasteiger partial charge in [0.05, 0.1) is 11.2 Å². The highest BCUT2D eigenvalue weighted by molar-refractivity contribution is 5.99. The van der Waals surface area contributed by atoms with Gasteiger partial charge in [0.1, 0.15) is 5.82 Å². The molecule has 0 atom stereocenters. The molecule has 26 heavy (non-hydrogen) atoms. The van der Waals surface area contributed by atoms with Crippen molar-refractivity contribution in [2.24, 2.45) is 0 Å². The molecule has 0 saturated carbocycles. The van der Waals surface area contributed by atoms with E-state index in [0.29, 0.717) is 18.8 Å². The first-order chi connectivity index (χ1) is 12.6. The predicted molar refractivity (Wildman–Crippen MR) is 103 cm³/mol. The number of amides is 1. The van der Waals surface area contributed by atoms with E-state index in [-0.39, 0.29) is 11.6 Å². The quantitative estimate of drug-likeness (QED) is 0.730. The minimum Gasteiger partial charge on any atom is -0.362 e. The Morgan fingerprint density at radius 1 is 1.00 bits per heavy atom. The molecule has 0 N–H and O–H groups in total. The predicted octanol–water partition coefficient (Wildman–Crippen LogP) is 2.58. The zero-order chi connectivity index (χ0) is 18.3. The number of carbonyl (C=O) groups excluding carboxylic acids is 1. The third-order valence-electron chi connectivity index (χ3n) is 4.68. The van der Waals surface area contributed by atoms with Gasteiger partial charge in [0.2, 0.25) is 5.91 Å². The Labute approximate surface area is 151 Å². The van der Waals surface area contributed by atoms with Crippen molar-refractivity contribution >= 4 is 28.3 Å². The highest BCUT2D eigenvalue weighted by atomic mass is 16.2. The molecule has 1 saturated heterocycles. The number of anilines is 2. The molecule has 1 amide bonds. The number of aromatic nitrogens is 2. The maximum atomic E-state index is 12.8. The largest absolute Gasteiger partial charge is 0.362 e. The van der Waals surface area contributed by atoms with E-state index in [9.17, 15) is 9.59 Å². The fourth-order valence-corrected chi connectivity index (χ4v) is 3.45. The van der Waals surface area contributed by atoms with Crippen molar-refractivity contribution in [1.29, 1.82) is 0 Å². The molecule has 1 aromatic heterocycles. The standard InChI is InChI=1S/C20H20N4O2/c1-22(2)19-16-11-10-15(23-12-6-9-18(23)25)13-17(16)24(20(26)21-19)14-7-4-3-5-8-14/h3-5,7-8,10-11,13H,6,9,12H2,1-2H3. The van der Waals surface area contributed by atoms with Crippen molar-refractivity contribution in [2.45, 2.75) is 12.8 Å². The van der Waals surface area contributed by atoms with Gasteiger partial charge in [-0.2, -0.15) is 4.98 Å². The summed E-state index contributed by atoms with van der Waals surface area (Å²) in [4.78, 5) is 32.8. The number of nitrogens with zero attached hydrogens (tertiary/aromatic N) is 4. The summed E-state index contributed by atoms with van der Waals surface area (Å²) in [5, 5.41) is 0.869. The van der Waals surface area contributed by atoms with Crippen LogP contribution in [0.3, 0.4) is 0 Å². The van der Waals surface area contributed by atoms with Gasteiger partial charge in [0, 0.05) is 38.1 Å². The zero-order valence-corrected chi connectivity index (χ0v) is 14.8. The normalized spacial score (nSPS) is 14.2. The third kappa shape index (κ3) is 2.63. The Bertz CT molecular complexity index is 1040. The SMILES string of the molecule is CN(C)c1nc(=O)n(-c2ccccc2)c2cc(N3CCCC3=O)ccc12. The lowest BCUT2D eigenvalue weighted by Crippen LogP contribution is -2.27. The third-order valence-corrected chi connectivity index (χ3v) is 4.68. The summed E-state index contributed by atoms with van der Waals surface area (Å²) < 4.78 is 1.60. The number of hydrogen-bond acceptors (Lipinski definition) is 4. The first kappa shape index (κ1) is 16.3. The van der Waals surface area contributed by atoms with Gasteiger partial charge >= 0.3 is 5.69 Å². The van der Waals surface area contributed by atoms with E-state index in [1.165, 1.54) is 0 Å². The lowest BCUT2D eigenvalue weighted by atomic mass is 10.1. The first-order valence-corrected chi connectivity index (χ1v) is 8.66. The van der Waals surface area contributed by atoms with Crippen molar-refractivity contribution in [3.05, 3.63) is 59.0 Å². The van der Waals surface area contributed by atoms with Crippen molar-refractivity contribution in [2.75, 3.05) is 30.4 Å². The van der Waals surface area contributed by atoms with Crippen LogP contribution in [0.5, 0.6) is 0 Å². The smallest absolute Gasteiger partial charge is 0.354 e. The van der Waals surface area contributed by atoms with Crippen LogP contribution in [0.1, 0.15) is 12.8 Å². The van der Waals surface area contributed by atoms with Crippen molar-refractivity contribution < 1.29 is 4.79 Å². The van der Waals surface area contributed by atoms with E-state index >= 15 is 0 Å². The Morgan fingerprint density at radius 3 is 2.42 bits per heavy atom. The fourth-order valence-electron chi connectivity index (χ4n) is 3.45. The molecule has 3 aromatic rings. The van der Waals surface area contributed by atoms with Gasteiger partial charge in [-0.05, 0) is 36.8 Å². The van der Waals surface area contributed by atoms with Crippen LogP contribution in [-0.2, 0) is 4.79 Å². The summed E-state index contributed by atoms with van der Waals surface area (Å²) in [6.45, 7) is 0.714. The van der Waals surface area contributed by atoms with E-state index < -0.39 is 0 Å². The van der Waals surface area contributed by atoms with Crippen molar-refractivity contribution in [1.82, 2.24) is 9.55 Å². The van der Waals surface area contributed by atoms with E-state index in [0.717, 1.165) is 28.7 Å². The van der Waals surface area contributed by atoms with Gasteiger partial charge in [0.15, 0.2) is 0 Å². The van der Waals surface area contributed by atoms with Gasteiger partial charge in [-0.1, -0.05) is 18.2 Å². The number of hydrogen-bond donors (Lipinski definition) is 0. The number of benzene rings is 2. The second-order valence-corrected chi connectivity index (χ2v) is 6.63. The monoisotopic (exact) mass is 348 g/mol. The molecule has 0 bridgehead atoms. The van der Waals surface area contributed by atoms with Crippen LogP contribution < -0.4 is 15.5 Å². The molecule has 0 unspecified atom stereocenters. The van der Waals surface area contributed by atoms with E-state index in [1.807, 2.05) is 67.5 Å². The molecule has 1 fully saturated rings. The van der Waals surface area contributed by atoms with Crippen LogP contribution in [-0.4, -0.2) is 36.1 Å². The summed E-state index contributed by atoms with van der Waals surface area (Å²) >= 11 is 0. The number of rotatable bonds is 3. The van der Waals surface area contributed by atoms with Crippen molar-refractivity contribution in [3.8, 4) is 5.69 Å². The summed E-state index contributed by atoms with van der Waals surface area (Å²) in [7, 11) is 3.73. The van der Waals surface area contributed by atoms with Crippen LogP contribution >= 0.6 is 0 Å². The highest BCUT2D eigenvalue weighted by Gasteiger charge is 2.23. The molecule has 1 aliphatic rings. The molecule has 2 aromatic carbocycles. The van der Waals surface area contributed by atoms with Crippen LogP contribution in [0.2, 0.25) is 0 Å². The average Bonchev–Trinajstić information content (AvgIpc) is 3.07. The van der Waals surface area contributed by atoms with Gasteiger partial charge in [-0.25, -0.2) is 4.79 Å². The van der Waals surface area contributed by atoms with Crippen molar-refractivity contribution in [3.63, 3.8) is 0 Å². The molecular formula is C20H20N4O2. The molecule has 0 radical (unpaired) electrons. The Balaban J connectivity index is 2.03. The minimum atomic E-state index is -0.336. The Morgan fingerprint density at radius 2 is 1.77 bits per heavy atom. The summed E-state index contributed by atoms with van der Waals surface area (Å²) in [5.41, 5.74) is 1.99. The molecule has 6 nitrogen and oxygen atoms in total. The average molecular weight is 348 g/mol. The van der Waals surface area contributed by atoms with E-state index in [2.05, 4.69) is 4.98 Å². The Kier molecular flexibility index (Phi) is 3.95. The molecule has 1 aliphatic heterocycles. The highest BCUT2D eigenvalue weighted by Crippen LogP contribution is 2.29. The summed E-state index contributed by atoms with van der Waals surface area (Å²) in [6, 6.07) is 15.2. The second-order valence-electron chi connectivity index (χ2n) is 6.63. The number of fused-ring (bicyclic) bond motifs is 1. The maximum Gasteiger partial charge on any atom is 0.354 e. The van der Waals surface area contributed by atoms with Crippen LogP contribution in [0.4, 0.5) is 11.5 Å². The molecule has 6 heteroatoms. The minimum absolute atomic E-state index is 0.125. The lowest BCUT2D eigenvalue weighted by Gasteiger charge is -2.20. The molecule has 132 valence electrons. The first-order valence-electron chi connectivity index (χ1n) is 8.66. The molecule has 4 rings (SSSR count). The summed E-state index contributed by atoms with van der Waals surface area (Å²) in [6.07, 6.45) is 1.43. The molecule has 0 spiro atoms. The molecular weight excluding hydrogens is 328 g/mol. The van der Waals surface area contributed by atoms with Crippen LogP contribution in [0, 0.1) is 0 Å². The van der Waals surface area contributed by atoms with Gasteiger partial charge in [-0.3, -0.25) is 9.36 Å². The zero-order valence-electron chi connectivity index (χ0n) is 14.8. The van der Waals surface area contributed by atoms with Crippen LogP contribution in [0.15, 0.2) is 53.3 Å². The van der Waals surface area contributed by atoms with E-state index in [1.54, 1.807) is 9.47 Å². The fraction of sp³-hybridized carbons (Fsp3) is 0.250. The maximum absolute atomic E-state index is 12.8. The van der Waals surface area contributed by atoms with E-state index in [4.69, 9.17) is 0 Å². The summed E-state index contributed by atoms with van der Waals surface area (Å²) in [5.74, 6) is 0.747. The lowest BCUT2D eigenvalue weighted by molar-refractivity contribution is -0.117. The number of para-hydroxylation sites is 1. The van der Waals surface area contributed by atoms with Gasteiger partial charge < -0.3 is 9.80 Å². The topological polar surface area (TPSA) is 58.4 Å². The van der Waals surface area contributed by atoms with Gasteiger partial charge in [0.25, 0.3) is 0 Å². The Hall–Kier alpha value is -3.15. The molecule has 0 aliphatic carbocycles. The van der Waals surface area contributed by atoms with Crippen LogP contribution in [0.25, 0.3) is 16.6 Å². The number of carbonyl (C=O) groups is 1.